The second kappa shape index (κ2) is 2.13. The molecule has 0 bridgehead atoms. The van der Waals surface area contributed by atoms with Crippen LogP contribution in [-0.4, -0.2) is 32.2 Å². The second-order valence-corrected chi connectivity index (χ2v) is 4.25. The molecule has 0 aromatic carbocycles. The Kier molecular flexibility index (Phi) is 1.62. The molecule has 0 atom stereocenters. The van der Waals surface area contributed by atoms with Crippen LogP contribution in [0.3, 0.4) is 0 Å². The Labute approximate surface area is 65.5 Å². The topological polar surface area (TPSA) is 72.5 Å². The van der Waals surface area contributed by atoms with Gasteiger partial charge in [-0.3, -0.25) is 0 Å². The average Bonchev–Trinajstić information content (AvgIpc) is 2.06. The molecule has 0 aliphatic carbocycles. The van der Waals surface area contributed by atoms with E-state index >= 15 is 0 Å². The molecule has 0 aromatic rings. The molecule has 2 N–H and O–H groups in total. The van der Waals surface area contributed by atoms with Crippen molar-refractivity contribution >= 4 is 15.2 Å². The number of hydrogen-bond donors (Lipinski definition) is 1. The zero-order chi connectivity index (χ0) is 8.70. The van der Waals surface area contributed by atoms with Crippen molar-refractivity contribution in [1.82, 2.24) is 0 Å². The molecule has 0 spiro atoms. The van der Waals surface area contributed by atoms with Crippen molar-refractivity contribution < 1.29 is 12.9 Å². The Morgan fingerprint density at radius 1 is 1.55 bits per heavy atom. The van der Waals surface area contributed by atoms with Crippen LogP contribution in [0.5, 0.6) is 0 Å². The highest BCUT2D eigenvalue weighted by Crippen LogP contribution is 2.11. The number of amidine groups is 1. The summed E-state index contributed by atoms with van der Waals surface area (Å²) < 4.78 is 21.8. The summed E-state index contributed by atoms with van der Waals surface area (Å²) >= 11 is 0. The van der Waals surface area contributed by atoms with Crippen LogP contribution in [0.25, 0.3) is 0 Å². The molecule has 1 rings (SSSR count). The van der Waals surface area contributed by atoms with E-state index in [9.17, 15) is 8.42 Å². The van der Waals surface area contributed by atoms with Gasteiger partial charge in [0.05, 0.1) is 20.3 Å². The number of quaternary nitrogens is 1. The number of aliphatic imine (C=N–C) groups is 1. The highest BCUT2D eigenvalue weighted by molar-refractivity contribution is 8.03. The molecular formula is C5H10N3O2S+. The first-order valence-corrected chi connectivity index (χ1v) is 4.51. The number of nitrogens with zero attached hydrogens (tertiary/aromatic N) is 2. The van der Waals surface area contributed by atoms with Crippen LogP contribution in [0.2, 0.25) is 0 Å². The molecule has 0 fully saturated rings. The van der Waals surface area contributed by atoms with Crippen LogP contribution in [-0.2, 0) is 10.0 Å². The van der Waals surface area contributed by atoms with E-state index in [0.717, 1.165) is 0 Å². The smallest absolute Gasteiger partial charge is 0.241 e. The second-order valence-electron chi connectivity index (χ2n) is 2.79. The van der Waals surface area contributed by atoms with Crippen LogP contribution in [0, 0.1) is 0 Å². The molecule has 0 aromatic heterocycles. The van der Waals surface area contributed by atoms with Gasteiger partial charge in [-0.1, -0.05) is 0 Å². The quantitative estimate of drug-likeness (QED) is 0.490. The van der Waals surface area contributed by atoms with Crippen molar-refractivity contribution in [3.05, 3.63) is 12.4 Å². The van der Waals surface area contributed by atoms with Crippen LogP contribution in [0.1, 0.15) is 0 Å². The van der Waals surface area contributed by atoms with Crippen LogP contribution in [0.4, 0.5) is 0 Å². The van der Waals surface area contributed by atoms with Crippen molar-refractivity contribution in [2.45, 2.75) is 0 Å². The Morgan fingerprint density at radius 3 is 2.27 bits per heavy atom. The number of primary sulfonamides is 1. The summed E-state index contributed by atoms with van der Waals surface area (Å²) in [6, 6.07) is 0. The summed E-state index contributed by atoms with van der Waals surface area (Å²) in [5.74, 6) is 0. The summed E-state index contributed by atoms with van der Waals surface area (Å²) in [6.07, 6.45) is 3.07. The van der Waals surface area contributed by atoms with Crippen LogP contribution < -0.4 is 5.14 Å². The lowest BCUT2D eigenvalue weighted by atomic mass is 10.7. The fourth-order valence-electron chi connectivity index (χ4n) is 0.878. The van der Waals surface area contributed by atoms with Crippen molar-refractivity contribution in [1.29, 1.82) is 0 Å². The van der Waals surface area contributed by atoms with Crippen molar-refractivity contribution in [2.75, 3.05) is 14.1 Å². The molecular weight excluding hydrogens is 166 g/mol. The molecule has 6 heteroatoms. The average molecular weight is 176 g/mol. The SMILES string of the molecule is C[N+]1(C)C=CN=C1S(N)(=O)=O. The van der Waals surface area contributed by atoms with Crippen molar-refractivity contribution in [2.24, 2.45) is 10.1 Å². The molecule has 1 aliphatic heterocycles. The van der Waals surface area contributed by atoms with Gasteiger partial charge in [-0.05, 0) is 0 Å². The largest absolute Gasteiger partial charge is 0.341 e. The number of hydrogen-bond acceptors (Lipinski definition) is 3. The molecule has 5 nitrogen and oxygen atoms in total. The summed E-state index contributed by atoms with van der Waals surface area (Å²) in [7, 11) is -0.276. The van der Waals surface area contributed by atoms with Crippen LogP contribution in [0.15, 0.2) is 17.4 Å². The minimum Gasteiger partial charge on any atom is -0.241 e. The van der Waals surface area contributed by atoms with E-state index in [0.29, 0.717) is 0 Å². The minimum absolute atomic E-state index is 0.0301. The first kappa shape index (κ1) is 8.38. The maximum absolute atomic E-state index is 10.8. The highest BCUT2D eigenvalue weighted by atomic mass is 32.2. The van der Waals surface area contributed by atoms with Gasteiger partial charge in [-0.15, -0.1) is 0 Å². The van der Waals surface area contributed by atoms with E-state index in [1.165, 1.54) is 6.20 Å². The normalized spacial score (nSPS) is 21.9. The van der Waals surface area contributed by atoms with Gasteiger partial charge in [0.1, 0.15) is 6.20 Å². The first-order valence-electron chi connectivity index (χ1n) is 2.96. The molecule has 0 radical (unpaired) electrons. The Hall–Kier alpha value is -0.720. The molecule has 0 unspecified atom stereocenters. The summed E-state index contributed by atoms with van der Waals surface area (Å²) in [6.45, 7) is 0. The fourth-order valence-corrected chi connectivity index (χ4v) is 1.80. The van der Waals surface area contributed by atoms with Gasteiger partial charge in [-0.2, -0.15) is 13.4 Å². The van der Waals surface area contributed by atoms with Crippen molar-refractivity contribution in [3.63, 3.8) is 0 Å². The van der Waals surface area contributed by atoms with E-state index in [4.69, 9.17) is 5.14 Å². The monoisotopic (exact) mass is 176 g/mol. The zero-order valence-electron chi connectivity index (χ0n) is 6.35. The Bertz CT molecular complexity index is 326. The third kappa shape index (κ3) is 1.47. The molecule has 0 amide bonds. The standard InChI is InChI=1S/C5H10N3O2S/c1-8(2)4-3-7-5(8)11(6,9)10/h3-4H,1-2H3,(H2,6,9,10)/q+1. The lowest BCUT2D eigenvalue weighted by molar-refractivity contribution is -0.735. The van der Waals surface area contributed by atoms with Crippen molar-refractivity contribution in [3.8, 4) is 0 Å². The van der Waals surface area contributed by atoms with Gasteiger partial charge in [0.2, 0.25) is 0 Å². The third-order valence-corrected chi connectivity index (χ3v) is 2.46. The summed E-state index contributed by atoms with van der Waals surface area (Å²) in [5, 5.41) is 4.87. The molecule has 0 saturated carbocycles. The van der Waals surface area contributed by atoms with Gasteiger partial charge < -0.3 is 0 Å². The van der Waals surface area contributed by atoms with E-state index in [1.54, 1.807) is 20.3 Å². The van der Waals surface area contributed by atoms with Crippen LogP contribution >= 0.6 is 0 Å². The van der Waals surface area contributed by atoms with E-state index in [2.05, 4.69) is 4.99 Å². The van der Waals surface area contributed by atoms with Gasteiger partial charge in [0.25, 0.3) is 0 Å². The number of nitrogens with two attached hydrogens (primary N) is 1. The number of rotatable bonds is 0. The fraction of sp³-hybridized carbons (Fsp3) is 0.400. The summed E-state index contributed by atoms with van der Waals surface area (Å²) in [4.78, 5) is 3.66. The lowest BCUT2D eigenvalue weighted by Gasteiger charge is -2.18. The van der Waals surface area contributed by atoms with E-state index < -0.39 is 10.0 Å². The molecule has 1 heterocycles. The minimum atomic E-state index is -3.65. The highest BCUT2D eigenvalue weighted by Gasteiger charge is 2.34. The van der Waals surface area contributed by atoms with Gasteiger partial charge >= 0.3 is 15.2 Å². The van der Waals surface area contributed by atoms with Gasteiger partial charge in [-0.25, -0.2) is 9.62 Å². The maximum atomic E-state index is 10.8. The van der Waals surface area contributed by atoms with E-state index in [-0.39, 0.29) is 9.65 Å². The van der Waals surface area contributed by atoms with Gasteiger partial charge in [0.15, 0.2) is 0 Å². The summed E-state index contributed by atoms with van der Waals surface area (Å²) in [5.41, 5.74) is 0. The molecule has 1 aliphatic rings. The molecule has 0 saturated heterocycles. The molecule has 11 heavy (non-hydrogen) atoms. The number of sulfonamides is 1. The van der Waals surface area contributed by atoms with Gasteiger partial charge in [0, 0.05) is 0 Å². The Morgan fingerprint density at radius 2 is 2.09 bits per heavy atom. The predicted octanol–water partition coefficient (Wildman–Crippen LogP) is -0.808. The maximum Gasteiger partial charge on any atom is 0.341 e. The lowest BCUT2D eigenvalue weighted by Crippen LogP contribution is -2.45. The third-order valence-electron chi connectivity index (χ3n) is 1.37. The predicted molar refractivity (Wildman–Crippen MR) is 41.8 cm³/mol. The molecule has 62 valence electrons. The first-order chi connectivity index (χ1) is 4.84. The zero-order valence-corrected chi connectivity index (χ0v) is 7.17. The van der Waals surface area contributed by atoms with E-state index in [1.807, 2.05) is 0 Å². The Balaban J connectivity index is 3.15.